The molecule has 1 saturated heterocycles. The highest BCUT2D eigenvalue weighted by Crippen LogP contribution is 2.29. The highest BCUT2D eigenvalue weighted by molar-refractivity contribution is 4.82. The smallest absolute Gasteiger partial charge is 0.313 e. The zero-order chi connectivity index (χ0) is 11.5. The molecule has 0 aromatic carbocycles. The summed E-state index contributed by atoms with van der Waals surface area (Å²) in [5.74, 6) is -0.257. The molecule has 0 radical (unpaired) electrons. The first-order chi connectivity index (χ1) is 6.90. The van der Waals surface area contributed by atoms with Gasteiger partial charge < -0.3 is 10.2 Å². The van der Waals surface area contributed by atoms with E-state index < -0.39 is 12.6 Å². The molecule has 1 rings (SSSR count). The van der Waals surface area contributed by atoms with Crippen molar-refractivity contribution in [3.8, 4) is 0 Å². The second-order valence-electron chi connectivity index (χ2n) is 4.40. The molecule has 90 valence electrons. The van der Waals surface area contributed by atoms with Crippen molar-refractivity contribution in [3.63, 3.8) is 0 Å². The summed E-state index contributed by atoms with van der Waals surface area (Å²) in [5, 5.41) is 3.22. The van der Waals surface area contributed by atoms with Crippen molar-refractivity contribution in [3.05, 3.63) is 0 Å². The van der Waals surface area contributed by atoms with Crippen molar-refractivity contribution in [1.29, 1.82) is 0 Å². The zero-order valence-corrected chi connectivity index (χ0v) is 9.27. The van der Waals surface area contributed by atoms with Crippen LogP contribution in [0.3, 0.4) is 0 Å². The number of hydrogen-bond acceptors (Lipinski definition) is 2. The van der Waals surface area contributed by atoms with Crippen molar-refractivity contribution in [2.75, 3.05) is 26.7 Å². The summed E-state index contributed by atoms with van der Waals surface area (Å²) in [6, 6.07) is 0.209. The summed E-state index contributed by atoms with van der Waals surface area (Å²) in [4.78, 5) is 1.98. The van der Waals surface area contributed by atoms with E-state index in [1.807, 2.05) is 18.9 Å². The van der Waals surface area contributed by atoms with E-state index >= 15 is 0 Å². The number of likely N-dealkylation sites (N-methyl/N-ethyl adjacent to an activating group) is 2. The normalized spacial score (nSPS) is 29.4. The summed E-state index contributed by atoms with van der Waals surface area (Å²) in [6.45, 7) is 4.20. The van der Waals surface area contributed by atoms with Crippen molar-refractivity contribution < 1.29 is 13.2 Å². The number of nitrogens with one attached hydrogen (secondary N) is 1. The van der Waals surface area contributed by atoms with Gasteiger partial charge in [-0.05, 0) is 25.9 Å². The third-order valence-corrected chi connectivity index (χ3v) is 2.73. The van der Waals surface area contributed by atoms with Crippen LogP contribution in [0.25, 0.3) is 0 Å². The number of alkyl halides is 3. The lowest BCUT2D eigenvalue weighted by Crippen LogP contribution is -2.48. The zero-order valence-electron chi connectivity index (χ0n) is 9.27. The van der Waals surface area contributed by atoms with Crippen molar-refractivity contribution in [1.82, 2.24) is 10.2 Å². The van der Waals surface area contributed by atoms with E-state index in [4.69, 9.17) is 0 Å². The van der Waals surface area contributed by atoms with Crippen LogP contribution in [-0.4, -0.2) is 43.8 Å². The average molecular weight is 224 g/mol. The van der Waals surface area contributed by atoms with Gasteiger partial charge in [0.05, 0.1) is 0 Å². The molecule has 0 aliphatic carbocycles. The Morgan fingerprint density at radius 2 is 2.00 bits per heavy atom. The predicted octanol–water partition coefficient (Wildman–Crippen LogP) is 1.87. The molecule has 2 nitrogen and oxygen atoms in total. The van der Waals surface area contributed by atoms with Crippen LogP contribution in [0.15, 0.2) is 0 Å². The fourth-order valence-electron chi connectivity index (χ4n) is 2.35. The van der Waals surface area contributed by atoms with Crippen LogP contribution >= 0.6 is 0 Å². The summed E-state index contributed by atoms with van der Waals surface area (Å²) >= 11 is 0. The van der Waals surface area contributed by atoms with Gasteiger partial charge in [0, 0.05) is 25.6 Å². The van der Waals surface area contributed by atoms with E-state index in [-0.39, 0.29) is 12.0 Å². The lowest BCUT2D eigenvalue weighted by molar-refractivity contribution is -0.148. The summed E-state index contributed by atoms with van der Waals surface area (Å²) in [7, 11) is 1.88. The van der Waals surface area contributed by atoms with Crippen LogP contribution in [0, 0.1) is 5.92 Å². The molecule has 0 saturated carbocycles. The first-order valence-corrected chi connectivity index (χ1v) is 5.39. The fourth-order valence-corrected chi connectivity index (χ4v) is 2.35. The molecule has 2 unspecified atom stereocenters. The Kier molecular flexibility index (Phi) is 4.40. The maximum Gasteiger partial charge on any atom is 0.389 e. The topological polar surface area (TPSA) is 15.3 Å². The minimum absolute atomic E-state index is 0.209. The molecule has 15 heavy (non-hydrogen) atoms. The van der Waals surface area contributed by atoms with Crippen LogP contribution in [0.2, 0.25) is 0 Å². The van der Waals surface area contributed by atoms with E-state index in [0.29, 0.717) is 13.0 Å². The van der Waals surface area contributed by atoms with Gasteiger partial charge in [-0.3, -0.25) is 0 Å². The van der Waals surface area contributed by atoms with Crippen LogP contribution in [0.5, 0.6) is 0 Å². The van der Waals surface area contributed by atoms with Gasteiger partial charge in [-0.25, -0.2) is 0 Å². The summed E-state index contributed by atoms with van der Waals surface area (Å²) < 4.78 is 36.7. The lowest BCUT2D eigenvalue weighted by Gasteiger charge is -2.36. The number of nitrogens with zero attached hydrogens (tertiary/aromatic N) is 1. The predicted molar refractivity (Wildman–Crippen MR) is 53.7 cm³/mol. The van der Waals surface area contributed by atoms with Crippen molar-refractivity contribution >= 4 is 0 Å². The third kappa shape index (κ3) is 4.84. The molecule has 1 aliphatic rings. The quantitative estimate of drug-likeness (QED) is 0.787. The van der Waals surface area contributed by atoms with E-state index in [1.165, 1.54) is 0 Å². The summed E-state index contributed by atoms with van der Waals surface area (Å²) in [5.41, 5.74) is 0. The van der Waals surface area contributed by atoms with Gasteiger partial charge in [-0.1, -0.05) is 6.92 Å². The van der Waals surface area contributed by atoms with Gasteiger partial charge >= 0.3 is 6.18 Å². The number of halogens is 3. The molecule has 0 bridgehead atoms. The number of likely N-dealkylation sites (tertiary alicyclic amines) is 1. The van der Waals surface area contributed by atoms with E-state index in [0.717, 1.165) is 13.1 Å². The Morgan fingerprint density at radius 1 is 1.33 bits per heavy atom. The molecule has 0 aromatic rings. The van der Waals surface area contributed by atoms with Gasteiger partial charge in [-0.2, -0.15) is 13.2 Å². The van der Waals surface area contributed by atoms with Gasteiger partial charge in [-0.15, -0.1) is 0 Å². The minimum Gasteiger partial charge on any atom is -0.313 e. The number of piperidine rings is 1. The fraction of sp³-hybridized carbons (Fsp3) is 1.00. The average Bonchev–Trinajstić information content (AvgIpc) is 1.99. The molecular weight excluding hydrogens is 205 g/mol. The summed E-state index contributed by atoms with van der Waals surface area (Å²) in [6.07, 6.45) is -4.05. The van der Waals surface area contributed by atoms with Gasteiger partial charge in [0.15, 0.2) is 0 Å². The molecular formula is C10H19F3N2. The monoisotopic (exact) mass is 224 g/mol. The van der Waals surface area contributed by atoms with Gasteiger partial charge in [0.2, 0.25) is 0 Å². The number of rotatable bonds is 3. The second kappa shape index (κ2) is 5.16. The van der Waals surface area contributed by atoms with E-state index in [2.05, 4.69) is 5.32 Å². The first kappa shape index (κ1) is 12.8. The Balaban J connectivity index is 2.44. The second-order valence-corrected chi connectivity index (χ2v) is 4.40. The maximum atomic E-state index is 12.2. The Labute approximate surface area is 88.8 Å². The first-order valence-electron chi connectivity index (χ1n) is 5.39. The molecule has 1 heterocycles. The highest BCUT2D eigenvalue weighted by atomic mass is 19.4. The highest BCUT2D eigenvalue weighted by Gasteiger charge is 2.35. The number of hydrogen-bond donors (Lipinski definition) is 1. The van der Waals surface area contributed by atoms with Crippen LogP contribution in [0.1, 0.15) is 19.8 Å². The van der Waals surface area contributed by atoms with E-state index in [9.17, 15) is 13.2 Å². The molecule has 0 aromatic heterocycles. The maximum absolute atomic E-state index is 12.2. The molecule has 0 amide bonds. The van der Waals surface area contributed by atoms with Gasteiger partial charge in [0.1, 0.15) is 0 Å². The van der Waals surface area contributed by atoms with Crippen LogP contribution in [-0.2, 0) is 0 Å². The Morgan fingerprint density at radius 3 is 2.53 bits per heavy atom. The van der Waals surface area contributed by atoms with E-state index in [1.54, 1.807) is 0 Å². The van der Waals surface area contributed by atoms with Crippen LogP contribution < -0.4 is 5.32 Å². The molecule has 1 fully saturated rings. The third-order valence-electron chi connectivity index (χ3n) is 2.73. The van der Waals surface area contributed by atoms with Crippen molar-refractivity contribution in [2.45, 2.75) is 32.0 Å². The van der Waals surface area contributed by atoms with Crippen LogP contribution in [0.4, 0.5) is 13.2 Å². The van der Waals surface area contributed by atoms with Crippen molar-refractivity contribution in [2.24, 2.45) is 5.92 Å². The Bertz CT molecular complexity index is 194. The largest absolute Gasteiger partial charge is 0.389 e. The minimum atomic E-state index is -4.03. The molecule has 0 spiro atoms. The molecule has 5 heteroatoms. The molecule has 1 N–H and O–H groups in total. The molecule has 2 atom stereocenters. The SMILES string of the molecule is CCNC1CC(CC(F)(F)F)CN(C)C1. The molecule has 1 aliphatic heterocycles. The standard InChI is InChI=1S/C10H19F3N2/c1-3-14-9-4-8(5-10(11,12)13)6-15(2)7-9/h8-9,14H,3-7H2,1-2H3. The Hall–Kier alpha value is -0.290. The van der Waals surface area contributed by atoms with Gasteiger partial charge in [0.25, 0.3) is 0 Å². The lowest BCUT2D eigenvalue weighted by atomic mass is 9.91.